The Morgan fingerprint density at radius 2 is 1.74 bits per heavy atom. The van der Waals surface area contributed by atoms with Gasteiger partial charge < -0.3 is 14.2 Å². The molecule has 0 fully saturated rings. The van der Waals surface area contributed by atoms with Crippen LogP contribution in [0.15, 0.2) is 70.9 Å². The summed E-state index contributed by atoms with van der Waals surface area (Å²) in [5.41, 5.74) is -0.387. The van der Waals surface area contributed by atoms with Crippen LogP contribution in [0, 0.1) is 16.0 Å². The summed E-state index contributed by atoms with van der Waals surface area (Å²) in [6.45, 7) is 3.00. The molecule has 0 saturated heterocycles. The van der Waals surface area contributed by atoms with Gasteiger partial charge in [-0.1, -0.05) is 36.4 Å². The van der Waals surface area contributed by atoms with Crippen LogP contribution in [0.5, 0.6) is 5.75 Å². The molecule has 10 heteroatoms. The lowest BCUT2D eigenvalue weighted by atomic mass is 9.75. The van der Waals surface area contributed by atoms with Crippen LogP contribution in [0.1, 0.15) is 25.3 Å². The predicted octanol–water partition coefficient (Wildman–Crippen LogP) is 3.41. The number of aldehydes is 1. The Morgan fingerprint density at radius 1 is 1.06 bits per heavy atom. The van der Waals surface area contributed by atoms with Gasteiger partial charge >= 0.3 is 11.9 Å². The summed E-state index contributed by atoms with van der Waals surface area (Å²) in [6, 6.07) is 14.6. The highest BCUT2D eigenvalue weighted by Crippen LogP contribution is 2.43. The molecule has 0 bridgehead atoms. The van der Waals surface area contributed by atoms with E-state index in [2.05, 4.69) is 4.99 Å². The van der Waals surface area contributed by atoms with Crippen LogP contribution in [0.3, 0.4) is 0 Å². The monoisotopic (exact) mass is 480 g/mol. The SMILES string of the molecule is CCOC(=O)C1C(C=O)=NC(C)=C(C(=O)OCCOc2ccccc2)C1c1ccccc1[N+](=O)[O-]. The van der Waals surface area contributed by atoms with Crippen molar-refractivity contribution in [3.8, 4) is 5.75 Å². The Hall–Kier alpha value is -4.34. The molecule has 0 aliphatic carbocycles. The van der Waals surface area contributed by atoms with Crippen molar-refractivity contribution in [1.29, 1.82) is 0 Å². The summed E-state index contributed by atoms with van der Waals surface area (Å²) < 4.78 is 16.0. The van der Waals surface area contributed by atoms with Crippen molar-refractivity contribution in [2.75, 3.05) is 19.8 Å². The lowest BCUT2D eigenvalue weighted by Gasteiger charge is -2.30. The van der Waals surface area contributed by atoms with E-state index >= 15 is 0 Å². The van der Waals surface area contributed by atoms with Gasteiger partial charge in [-0.15, -0.1) is 0 Å². The Labute approximate surface area is 201 Å². The van der Waals surface area contributed by atoms with Gasteiger partial charge in [-0.2, -0.15) is 0 Å². The Balaban J connectivity index is 1.97. The van der Waals surface area contributed by atoms with E-state index in [1.807, 2.05) is 6.07 Å². The molecule has 182 valence electrons. The minimum atomic E-state index is -1.36. The Kier molecular flexibility index (Phi) is 8.44. The number of rotatable bonds is 10. The third-order valence-corrected chi connectivity index (χ3v) is 5.33. The third kappa shape index (κ3) is 5.78. The first-order valence-electron chi connectivity index (χ1n) is 10.9. The Bertz CT molecular complexity index is 1170. The van der Waals surface area contributed by atoms with Crippen LogP contribution in [0.2, 0.25) is 0 Å². The average molecular weight is 480 g/mol. The number of benzene rings is 2. The largest absolute Gasteiger partial charge is 0.490 e. The number of carbonyl (C=O) groups excluding carboxylic acids is 3. The molecule has 1 aliphatic rings. The van der Waals surface area contributed by atoms with Crippen molar-refractivity contribution in [3.63, 3.8) is 0 Å². The number of para-hydroxylation sites is 2. The number of aliphatic imine (C=N–C) groups is 1. The molecule has 1 heterocycles. The number of allylic oxidation sites excluding steroid dienone is 1. The van der Waals surface area contributed by atoms with E-state index in [4.69, 9.17) is 14.2 Å². The molecular weight excluding hydrogens is 456 g/mol. The molecule has 2 aromatic carbocycles. The number of esters is 2. The maximum Gasteiger partial charge on any atom is 0.336 e. The van der Waals surface area contributed by atoms with Gasteiger partial charge in [0.25, 0.3) is 5.69 Å². The van der Waals surface area contributed by atoms with E-state index in [-0.39, 0.29) is 48.1 Å². The molecule has 0 radical (unpaired) electrons. The second-order valence-corrected chi connectivity index (χ2v) is 7.47. The lowest BCUT2D eigenvalue weighted by Crippen LogP contribution is -2.38. The topological polar surface area (TPSA) is 134 Å². The van der Waals surface area contributed by atoms with Gasteiger partial charge in [0.05, 0.1) is 22.8 Å². The molecule has 2 aromatic rings. The first-order valence-corrected chi connectivity index (χ1v) is 10.9. The van der Waals surface area contributed by atoms with Crippen molar-refractivity contribution >= 4 is 29.6 Å². The molecule has 0 amide bonds. The molecule has 2 unspecified atom stereocenters. The third-order valence-electron chi connectivity index (χ3n) is 5.33. The highest BCUT2D eigenvalue weighted by molar-refractivity contribution is 6.35. The summed E-state index contributed by atoms with van der Waals surface area (Å²) in [6.07, 6.45) is 0.392. The molecule has 0 spiro atoms. The quantitative estimate of drug-likeness (QED) is 0.166. The highest BCUT2D eigenvalue weighted by Gasteiger charge is 2.46. The predicted molar refractivity (Wildman–Crippen MR) is 125 cm³/mol. The van der Waals surface area contributed by atoms with E-state index in [0.29, 0.717) is 12.0 Å². The molecule has 3 rings (SSSR count). The fourth-order valence-corrected chi connectivity index (χ4v) is 3.89. The number of ether oxygens (including phenoxy) is 3. The zero-order chi connectivity index (χ0) is 25.4. The zero-order valence-corrected chi connectivity index (χ0v) is 19.2. The normalized spacial score (nSPS) is 17.3. The van der Waals surface area contributed by atoms with Crippen LogP contribution in [0.25, 0.3) is 0 Å². The van der Waals surface area contributed by atoms with Gasteiger partial charge in [-0.25, -0.2) is 4.79 Å². The van der Waals surface area contributed by atoms with Crippen LogP contribution in [-0.4, -0.2) is 48.7 Å². The molecule has 1 aliphatic heterocycles. The van der Waals surface area contributed by atoms with Crippen LogP contribution < -0.4 is 4.74 Å². The first-order chi connectivity index (χ1) is 16.9. The van der Waals surface area contributed by atoms with Gasteiger partial charge in [0.2, 0.25) is 0 Å². The maximum atomic E-state index is 13.2. The van der Waals surface area contributed by atoms with E-state index in [0.717, 1.165) is 0 Å². The van der Waals surface area contributed by atoms with E-state index in [1.54, 1.807) is 37.3 Å². The average Bonchev–Trinajstić information content (AvgIpc) is 2.86. The molecule has 2 atom stereocenters. The molecule has 0 aromatic heterocycles. The number of carbonyl (C=O) groups is 3. The molecule has 0 N–H and O–H groups in total. The van der Waals surface area contributed by atoms with Gasteiger partial charge in [0.1, 0.15) is 24.9 Å². The second-order valence-electron chi connectivity index (χ2n) is 7.47. The minimum absolute atomic E-state index is 0.00434. The fraction of sp³-hybridized carbons (Fsp3) is 0.280. The zero-order valence-electron chi connectivity index (χ0n) is 19.2. The van der Waals surface area contributed by atoms with Crippen molar-refractivity contribution in [3.05, 3.63) is 81.5 Å². The van der Waals surface area contributed by atoms with Gasteiger partial charge in [-0.3, -0.25) is 24.7 Å². The first kappa shape index (κ1) is 25.3. The van der Waals surface area contributed by atoms with E-state index < -0.39 is 28.7 Å². The second kappa shape index (κ2) is 11.7. The summed E-state index contributed by atoms with van der Waals surface area (Å²) in [4.78, 5) is 53.2. The number of nitrogens with zero attached hydrogens (tertiary/aromatic N) is 2. The van der Waals surface area contributed by atoms with Crippen molar-refractivity contribution in [2.24, 2.45) is 10.9 Å². The van der Waals surface area contributed by atoms with Crippen molar-refractivity contribution in [1.82, 2.24) is 0 Å². The maximum absolute atomic E-state index is 13.2. The summed E-state index contributed by atoms with van der Waals surface area (Å²) >= 11 is 0. The number of hydrogen-bond donors (Lipinski definition) is 0. The van der Waals surface area contributed by atoms with E-state index in [9.17, 15) is 24.5 Å². The van der Waals surface area contributed by atoms with Crippen LogP contribution >= 0.6 is 0 Å². The van der Waals surface area contributed by atoms with E-state index in [1.165, 1.54) is 25.1 Å². The Morgan fingerprint density at radius 3 is 2.40 bits per heavy atom. The van der Waals surface area contributed by atoms with Crippen molar-refractivity contribution in [2.45, 2.75) is 19.8 Å². The van der Waals surface area contributed by atoms with Crippen LogP contribution in [0.4, 0.5) is 5.69 Å². The lowest BCUT2D eigenvalue weighted by molar-refractivity contribution is -0.385. The smallest absolute Gasteiger partial charge is 0.336 e. The molecule has 0 saturated carbocycles. The number of hydrogen-bond acceptors (Lipinski definition) is 9. The van der Waals surface area contributed by atoms with Gasteiger partial charge in [-0.05, 0) is 26.0 Å². The van der Waals surface area contributed by atoms with Gasteiger partial charge in [0.15, 0.2) is 6.29 Å². The standard InChI is InChI=1S/C25H24N2O8/c1-3-33-25(30)23-19(15-28)26-16(2)21(22(23)18-11-7-8-12-20(18)27(31)32)24(29)35-14-13-34-17-9-5-4-6-10-17/h4-12,15,22-23H,3,13-14H2,1-2H3. The number of nitro benzene ring substituents is 1. The summed E-state index contributed by atoms with van der Waals surface area (Å²) in [5.74, 6) is -3.63. The van der Waals surface area contributed by atoms with Gasteiger partial charge in [0, 0.05) is 23.2 Å². The minimum Gasteiger partial charge on any atom is -0.490 e. The van der Waals surface area contributed by atoms with Crippen LogP contribution in [-0.2, 0) is 23.9 Å². The highest BCUT2D eigenvalue weighted by atomic mass is 16.6. The molecule has 35 heavy (non-hydrogen) atoms. The van der Waals surface area contributed by atoms with Crippen molar-refractivity contribution < 1.29 is 33.5 Å². The number of nitro groups is 1. The fourth-order valence-electron chi connectivity index (χ4n) is 3.89. The summed E-state index contributed by atoms with van der Waals surface area (Å²) in [7, 11) is 0. The molecular formula is C25H24N2O8. The summed E-state index contributed by atoms with van der Waals surface area (Å²) in [5, 5.41) is 11.8. The molecule has 10 nitrogen and oxygen atoms in total.